The number of nitrogens with zero attached hydrogens (tertiary/aromatic N) is 1. The van der Waals surface area contributed by atoms with Crippen molar-refractivity contribution in [3.8, 4) is 22.6 Å². The fourth-order valence-electron chi connectivity index (χ4n) is 5.34. The van der Waals surface area contributed by atoms with Crippen molar-refractivity contribution >= 4 is 5.97 Å². The summed E-state index contributed by atoms with van der Waals surface area (Å²) in [6.45, 7) is 4.33. The number of aliphatic carboxylic acids is 1. The van der Waals surface area contributed by atoms with E-state index in [2.05, 4.69) is 12.1 Å². The largest absolute Gasteiger partial charge is 0.492 e. The van der Waals surface area contributed by atoms with Crippen LogP contribution < -0.4 is 15.0 Å². The maximum atomic E-state index is 12.6. The van der Waals surface area contributed by atoms with Crippen LogP contribution in [0.2, 0.25) is 0 Å². The second-order valence-electron chi connectivity index (χ2n) is 9.05. The van der Waals surface area contributed by atoms with Crippen LogP contribution in [0.4, 0.5) is 0 Å². The summed E-state index contributed by atoms with van der Waals surface area (Å²) >= 11 is 0. The molecule has 1 aliphatic heterocycles. The lowest BCUT2D eigenvalue weighted by Crippen LogP contribution is -2.20. The number of carboxylic acids is 1. The monoisotopic (exact) mass is 445 g/mol. The number of fused-ring (bicyclic) bond motifs is 2. The van der Waals surface area contributed by atoms with Crippen LogP contribution in [-0.4, -0.2) is 22.2 Å². The topological polar surface area (TPSA) is 77.8 Å². The van der Waals surface area contributed by atoms with E-state index in [1.54, 1.807) is 11.6 Å². The van der Waals surface area contributed by atoms with Crippen molar-refractivity contribution in [2.75, 3.05) is 6.61 Å². The third-order valence-corrected chi connectivity index (χ3v) is 6.85. The highest BCUT2D eigenvalue weighted by molar-refractivity contribution is 5.75. The molecule has 2 aliphatic rings. The summed E-state index contributed by atoms with van der Waals surface area (Å²) in [5.74, 6) is 0.481. The smallest absolute Gasteiger partial charge is 0.304 e. The molecule has 170 valence electrons. The average Bonchev–Trinajstić information content (AvgIpc) is 3.36. The van der Waals surface area contributed by atoms with E-state index < -0.39 is 5.97 Å². The summed E-state index contributed by atoms with van der Waals surface area (Å²) in [5, 5.41) is 9.11. The predicted octanol–water partition coefficient (Wildman–Crippen LogP) is 4.69. The molecule has 5 rings (SSSR count). The van der Waals surface area contributed by atoms with Gasteiger partial charge in [0.05, 0.1) is 13.0 Å². The maximum absolute atomic E-state index is 12.6. The van der Waals surface area contributed by atoms with Crippen LogP contribution in [0, 0.1) is 13.8 Å². The van der Waals surface area contributed by atoms with Gasteiger partial charge in [-0.25, -0.2) is 0 Å². The summed E-state index contributed by atoms with van der Waals surface area (Å²) in [6, 6.07) is 11.9. The van der Waals surface area contributed by atoms with Gasteiger partial charge in [-0.15, -0.1) is 0 Å². The predicted molar refractivity (Wildman–Crippen MR) is 125 cm³/mol. The quantitative estimate of drug-likeness (QED) is 0.617. The van der Waals surface area contributed by atoms with E-state index in [1.807, 2.05) is 44.3 Å². The summed E-state index contributed by atoms with van der Waals surface area (Å²) in [5.41, 5.74) is 7.32. The normalized spacial score (nSPS) is 18.5. The molecule has 0 saturated carbocycles. The van der Waals surface area contributed by atoms with Crippen molar-refractivity contribution < 1.29 is 19.4 Å². The SMILES string of the molecule is Cc1cn(C)c(=O)c(C)c1-c1cccc2c1CC[C@H]2Oc1ccc2c(c1)OCC2CC(=O)O. The molecule has 3 aromatic rings. The molecule has 0 spiro atoms. The molecule has 6 nitrogen and oxygen atoms in total. The molecule has 1 N–H and O–H groups in total. The first kappa shape index (κ1) is 21.3. The lowest BCUT2D eigenvalue weighted by Gasteiger charge is -2.18. The van der Waals surface area contributed by atoms with Gasteiger partial charge in [-0.1, -0.05) is 24.3 Å². The average molecular weight is 446 g/mol. The number of hydrogen-bond donors (Lipinski definition) is 1. The van der Waals surface area contributed by atoms with Crippen LogP contribution >= 0.6 is 0 Å². The van der Waals surface area contributed by atoms with Crippen molar-refractivity contribution in [1.82, 2.24) is 4.57 Å². The van der Waals surface area contributed by atoms with Crippen LogP contribution in [0.1, 0.15) is 52.7 Å². The molecule has 0 saturated heterocycles. The minimum Gasteiger partial charge on any atom is -0.492 e. The standard InChI is InChI=1S/C27H27NO5/c1-15-13-28(3)27(31)16(2)26(15)22-6-4-5-21-20(22)9-10-23(21)33-18-7-8-19-17(11-25(29)30)14-32-24(19)12-18/h4-8,12-13,17,23H,9-11,14H2,1-3H3,(H,29,30)/t17?,23-/m1/s1. The van der Waals surface area contributed by atoms with Gasteiger partial charge in [0.2, 0.25) is 0 Å². The van der Waals surface area contributed by atoms with Gasteiger partial charge < -0.3 is 19.1 Å². The minimum atomic E-state index is -0.822. The molecule has 1 unspecified atom stereocenters. The van der Waals surface area contributed by atoms with Gasteiger partial charge in [0.1, 0.15) is 17.6 Å². The van der Waals surface area contributed by atoms with Gasteiger partial charge in [-0.3, -0.25) is 9.59 Å². The van der Waals surface area contributed by atoms with Gasteiger partial charge in [0.25, 0.3) is 5.56 Å². The Morgan fingerprint density at radius 1 is 1.21 bits per heavy atom. The lowest BCUT2D eigenvalue weighted by molar-refractivity contribution is -0.137. The molecular weight excluding hydrogens is 418 g/mol. The molecule has 2 aromatic carbocycles. The Kier molecular flexibility index (Phi) is 5.23. The van der Waals surface area contributed by atoms with Crippen LogP contribution in [0.5, 0.6) is 11.5 Å². The van der Waals surface area contributed by atoms with E-state index in [1.165, 1.54) is 5.56 Å². The number of aromatic nitrogens is 1. The molecule has 2 heterocycles. The Morgan fingerprint density at radius 2 is 2.03 bits per heavy atom. The highest BCUT2D eigenvalue weighted by Crippen LogP contribution is 2.43. The van der Waals surface area contributed by atoms with Crippen LogP contribution in [0.25, 0.3) is 11.1 Å². The molecule has 0 amide bonds. The van der Waals surface area contributed by atoms with E-state index in [-0.39, 0.29) is 24.0 Å². The van der Waals surface area contributed by atoms with Crippen molar-refractivity contribution in [3.63, 3.8) is 0 Å². The minimum absolute atomic E-state index is 0.0262. The van der Waals surface area contributed by atoms with Gasteiger partial charge in [0, 0.05) is 36.4 Å². The van der Waals surface area contributed by atoms with Crippen molar-refractivity contribution in [1.29, 1.82) is 0 Å². The summed E-state index contributed by atoms with van der Waals surface area (Å²) in [4.78, 5) is 23.7. The number of hydrogen-bond acceptors (Lipinski definition) is 4. The van der Waals surface area contributed by atoms with Gasteiger partial charge in [0.15, 0.2) is 0 Å². The first-order chi connectivity index (χ1) is 15.8. The number of carboxylic acid groups (broad SMARTS) is 1. The molecular formula is C27H27NO5. The summed E-state index contributed by atoms with van der Waals surface area (Å²) < 4.78 is 13.8. The van der Waals surface area contributed by atoms with Gasteiger partial charge in [-0.2, -0.15) is 0 Å². The maximum Gasteiger partial charge on any atom is 0.304 e. The Hall–Kier alpha value is -3.54. The number of ether oxygens (including phenoxy) is 2. The summed E-state index contributed by atoms with van der Waals surface area (Å²) in [7, 11) is 1.79. The van der Waals surface area contributed by atoms with Crippen molar-refractivity contribution in [3.05, 3.63) is 80.8 Å². The highest BCUT2D eigenvalue weighted by atomic mass is 16.5. The molecule has 2 atom stereocenters. The Bertz CT molecular complexity index is 1320. The Labute approximate surface area is 192 Å². The van der Waals surface area contributed by atoms with E-state index in [4.69, 9.17) is 14.6 Å². The second-order valence-corrected chi connectivity index (χ2v) is 9.05. The number of aryl methyl sites for hydroxylation is 2. The first-order valence-corrected chi connectivity index (χ1v) is 11.3. The number of pyridine rings is 1. The molecule has 0 radical (unpaired) electrons. The van der Waals surface area contributed by atoms with E-state index in [9.17, 15) is 9.59 Å². The number of benzene rings is 2. The van der Waals surface area contributed by atoms with E-state index in [0.29, 0.717) is 18.1 Å². The third-order valence-electron chi connectivity index (χ3n) is 6.85. The van der Waals surface area contributed by atoms with Crippen molar-refractivity contribution in [2.24, 2.45) is 7.05 Å². The molecule has 1 aliphatic carbocycles. The molecule has 0 bridgehead atoms. The van der Waals surface area contributed by atoms with Gasteiger partial charge in [-0.05, 0) is 60.6 Å². The molecule has 6 heteroatoms. The summed E-state index contributed by atoms with van der Waals surface area (Å²) in [6.07, 6.45) is 3.62. The first-order valence-electron chi connectivity index (χ1n) is 11.3. The number of carbonyl (C=O) groups is 1. The zero-order chi connectivity index (χ0) is 23.3. The fraction of sp³-hybridized carbons (Fsp3) is 0.333. The molecule has 1 aromatic heterocycles. The van der Waals surface area contributed by atoms with Gasteiger partial charge >= 0.3 is 5.97 Å². The van der Waals surface area contributed by atoms with E-state index in [0.717, 1.165) is 46.2 Å². The third kappa shape index (κ3) is 3.69. The fourth-order valence-corrected chi connectivity index (χ4v) is 5.34. The van der Waals surface area contributed by atoms with E-state index >= 15 is 0 Å². The molecule has 0 fully saturated rings. The molecule has 33 heavy (non-hydrogen) atoms. The van der Waals surface area contributed by atoms with Crippen LogP contribution in [0.15, 0.2) is 47.4 Å². The zero-order valence-corrected chi connectivity index (χ0v) is 19.1. The highest BCUT2D eigenvalue weighted by Gasteiger charge is 2.30. The zero-order valence-electron chi connectivity index (χ0n) is 19.1. The van der Waals surface area contributed by atoms with Crippen LogP contribution in [0.3, 0.4) is 0 Å². The Morgan fingerprint density at radius 3 is 2.82 bits per heavy atom. The lowest BCUT2D eigenvalue weighted by atomic mass is 9.92. The number of rotatable bonds is 5. The van der Waals surface area contributed by atoms with Crippen molar-refractivity contribution in [2.45, 2.75) is 45.1 Å². The second kappa shape index (κ2) is 8.10. The van der Waals surface area contributed by atoms with Crippen LogP contribution in [-0.2, 0) is 18.3 Å². The Balaban J connectivity index is 1.44.